The van der Waals surface area contributed by atoms with Crippen LogP contribution in [0.2, 0.25) is 0 Å². The van der Waals surface area contributed by atoms with E-state index in [0.717, 1.165) is 0 Å². The summed E-state index contributed by atoms with van der Waals surface area (Å²) < 4.78 is 5.07. The van der Waals surface area contributed by atoms with Gasteiger partial charge in [0.1, 0.15) is 12.2 Å². The Balaban J connectivity index is 1.47. The summed E-state index contributed by atoms with van der Waals surface area (Å²) in [4.78, 5) is 36.6. The van der Waals surface area contributed by atoms with Crippen molar-refractivity contribution >= 4 is 23.5 Å². The summed E-state index contributed by atoms with van der Waals surface area (Å²) in [6.45, 7) is 2.39. The molecular weight excluding hydrogens is 334 g/mol. The Morgan fingerprint density at radius 1 is 1.08 bits per heavy atom. The van der Waals surface area contributed by atoms with Crippen molar-refractivity contribution in [2.75, 3.05) is 43.5 Å². The highest BCUT2D eigenvalue weighted by Gasteiger charge is 2.23. The predicted octanol–water partition coefficient (Wildman–Crippen LogP) is 1.16. The quantitative estimate of drug-likeness (QED) is 0.810. The third-order valence-corrected chi connectivity index (χ3v) is 4.15. The molecule has 0 saturated carbocycles. The summed E-state index contributed by atoms with van der Waals surface area (Å²) in [6, 6.07) is 8.75. The number of hydrogen-bond acceptors (Lipinski definition) is 6. The molecule has 3 rings (SSSR count). The number of ether oxygens (including phenoxy) is 1. The molecule has 1 aliphatic heterocycles. The minimum absolute atomic E-state index is 0.173. The van der Waals surface area contributed by atoms with Crippen molar-refractivity contribution in [2.45, 2.75) is 6.42 Å². The maximum Gasteiger partial charge on any atom is 0.233 e. The lowest BCUT2D eigenvalue weighted by Crippen LogP contribution is -2.49. The highest BCUT2D eigenvalue weighted by atomic mass is 16.5. The van der Waals surface area contributed by atoms with Crippen molar-refractivity contribution < 1.29 is 14.3 Å². The maximum absolute atomic E-state index is 12.3. The van der Waals surface area contributed by atoms with Gasteiger partial charge in [0.15, 0.2) is 0 Å². The van der Waals surface area contributed by atoms with Crippen LogP contribution in [0.3, 0.4) is 0 Å². The van der Waals surface area contributed by atoms with E-state index in [9.17, 15) is 9.59 Å². The molecular formula is C18H21N5O3. The number of rotatable bonds is 5. The first-order valence-corrected chi connectivity index (χ1v) is 8.39. The van der Waals surface area contributed by atoms with E-state index in [1.54, 1.807) is 54.7 Å². The number of methoxy groups -OCH3 is 1. The Labute approximate surface area is 151 Å². The number of carbonyl (C=O) groups excluding carboxylic acids is 2. The van der Waals surface area contributed by atoms with Crippen molar-refractivity contribution in [3.63, 3.8) is 0 Å². The van der Waals surface area contributed by atoms with Crippen molar-refractivity contribution in [3.05, 3.63) is 42.7 Å². The van der Waals surface area contributed by atoms with Gasteiger partial charge in [-0.1, -0.05) is 0 Å². The van der Waals surface area contributed by atoms with Crippen molar-refractivity contribution in [3.8, 4) is 5.75 Å². The molecule has 26 heavy (non-hydrogen) atoms. The second-order valence-electron chi connectivity index (χ2n) is 5.87. The van der Waals surface area contributed by atoms with Gasteiger partial charge in [-0.25, -0.2) is 9.97 Å². The normalized spacial score (nSPS) is 14.0. The molecule has 0 atom stereocenters. The van der Waals surface area contributed by atoms with E-state index < -0.39 is 0 Å². The monoisotopic (exact) mass is 355 g/mol. The molecule has 1 aromatic carbocycles. The second-order valence-corrected chi connectivity index (χ2v) is 5.87. The summed E-state index contributed by atoms with van der Waals surface area (Å²) >= 11 is 0. The van der Waals surface area contributed by atoms with Crippen molar-refractivity contribution in [2.24, 2.45) is 0 Å². The van der Waals surface area contributed by atoms with Crippen LogP contribution in [0.4, 0.5) is 11.6 Å². The number of carbonyl (C=O) groups is 2. The van der Waals surface area contributed by atoms with Gasteiger partial charge in [0.25, 0.3) is 0 Å². The van der Waals surface area contributed by atoms with Crippen LogP contribution in [-0.2, 0) is 9.59 Å². The molecule has 1 fully saturated rings. The fourth-order valence-corrected chi connectivity index (χ4v) is 2.74. The number of hydrogen-bond donors (Lipinski definition) is 1. The minimum Gasteiger partial charge on any atom is -0.497 e. The lowest BCUT2D eigenvalue weighted by Gasteiger charge is -2.34. The van der Waals surface area contributed by atoms with Gasteiger partial charge >= 0.3 is 0 Å². The molecule has 1 aromatic heterocycles. The zero-order valence-electron chi connectivity index (χ0n) is 14.6. The van der Waals surface area contributed by atoms with Gasteiger partial charge < -0.3 is 19.9 Å². The highest BCUT2D eigenvalue weighted by molar-refractivity contribution is 6.03. The Morgan fingerprint density at radius 2 is 1.73 bits per heavy atom. The summed E-state index contributed by atoms with van der Waals surface area (Å²) in [7, 11) is 1.58. The van der Waals surface area contributed by atoms with E-state index in [2.05, 4.69) is 15.3 Å². The van der Waals surface area contributed by atoms with Gasteiger partial charge in [-0.05, 0) is 30.3 Å². The Bertz CT molecular complexity index is 743. The third-order valence-electron chi connectivity index (χ3n) is 4.15. The summed E-state index contributed by atoms with van der Waals surface area (Å²) in [5.74, 6) is 0.870. The zero-order chi connectivity index (χ0) is 18.4. The molecule has 0 radical (unpaired) electrons. The summed E-state index contributed by atoms with van der Waals surface area (Å²) in [5, 5.41) is 2.73. The Morgan fingerprint density at radius 3 is 2.35 bits per heavy atom. The molecule has 0 aliphatic carbocycles. The molecule has 0 unspecified atom stereocenters. The second kappa shape index (κ2) is 8.28. The van der Waals surface area contributed by atoms with Crippen molar-refractivity contribution in [1.29, 1.82) is 0 Å². The largest absolute Gasteiger partial charge is 0.497 e. The van der Waals surface area contributed by atoms with Crippen LogP contribution < -0.4 is 15.0 Å². The van der Waals surface area contributed by atoms with E-state index in [4.69, 9.17) is 4.74 Å². The van der Waals surface area contributed by atoms with E-state index in [0.29, 0.717) is 43.6 Å². The minimum atomic E-state index is -0.325. The summed E-state index contributed by atoms with van der Waals surface area (Å²) in [5.41, 5.74) is 0.634. The number of nitrogens with one attached hydrogen (secondary N) is 1. The first-order chi connectivity index (χ1) is 12.7. The molecule has 0 bridgehead atoms. The molecule has 136 valence electrons. The fraction of sp³-hybridized carbons (Fsp3) is 0.333. The SMILES string of the molecule is COc1ccc(NC(=O)CC(=O)N2CCN(c3ncccn3)CC2)cc1. The van der Waals surface area contributed by atoms with Crippen LogP contribution in [0, 0.1) is 0 Å². The van der Waals surface area contributed by atoms with Gasteiger partial charge in [-0.15, -0.1) is 0 Å². The molecule has 2 amide bonds. The van der Waals surface area contributed by atoms with Gasteiger partial charge in [-0.3, -0.25) is 9.59 Å². The van der Waals surface area contributed by atoms with E-state index >= 15 is 0 Å². The number of anilines is 2. The number of aromatic nitrogens is 2. The molecule has 2 heterocycles. The number of benzene rings is 1. The Kier molecular flexibility index (Phi) is 5.62. The average molecular weight is 355 g/mol. The topological polar surface area (TPSA) is 87.7 Å². The van der Waals surface area contributed by atoms with Crippen molar-refractivity contribution in [1.82, 2.24) is 14.9 Å². The van der Waals surface area contributed by atoms with Gasteiger partial charge in [0.05, 0.1) is 7.11 Å². The van der Waals surface area contributed by atoms with Crippen LogP contribution in [-0.4, -0.2) is 60.0 Å². The highest BCUT2D eigenvalue weighted by Crippen LogP contribution is 2.15. The molecule has 1 aliphatic rings. The van der Waals surface area contributed by atoms with Gasteiger partial charge in [0.2, 0.25) is 17.8 Å². The molecule has 0 spiro atoms. The lowest BCUT2D eigenvalue weighted by molar-refractivity contribution is -0.134. The van der Waals surface area contributed by atoms with Crippen LogP contribution in [0.5, 0.6) is 5.75 Å². The number of piperazine rings is 1. The summed E-state index contributed by atoms with van der Waals surface area (Å²) in [6.07, 6.45) is 3.22. The van der Waals surface area contributed by atoms with Crippen LogP contribution >= 0.6 is 0 Å². The molecule has 8 heteroatoms. The molecule has 2 aromatic rings. The average Bonchev–Trinajstić information content (AvgIpc) is 2.69. The predicted molar refractivity (Wildman–Crippen MR) is 97.1 cm³/mol. The standard InChI is InChI=1S/C18H21N5O3/c1-26-15-5-3-14(4-6-15)21-16(24)13-17(25)22-9-11-23(12-10-22)18-19-7-2-8-20-18/h2-8H,9-13H2,1H3,(H,21,24). The number of nitrogens with zero attached hydrogens (tertiary/aromatic N) is 4. The first-order valence-electron chi connectivity index (χ1n) is 8.39. The molecule has 1 saturated heterocycles. The lowest BCUT2D eigenvalue weighted by atomic mass is 10.2. The maximum atomic E-state index is 12.3. The Hall–Kier alpha value is -3.16. The molecule has 8 nitrogen and oxygen atoms in total. The van der Waals surface area contributed by atoms with Crippen LogP contribution in [0.15, 0.2) is 42.7 Å². The van der Waals surface area contributed by atoms with E-state index in [-0.39, 0.29) is 18.2 Å². The van der Waals surface area contributed by atoms with Gasteiger partial charge in [0, 0.05) is 44.3 Å². The van der Waals surface area contributed by atoms with E-state index in [1.165, 1.54) is 0 Å². The van der Waals surface area contributed by atoms with Crippen LogP contribution in [0.25, 0.3) is 0 Å². The smallest absolute Gasteiger partial charge is 0.233 e. The zero-order valence-corrected chi connectivity index (χ0v) is 14.6. The fourth-order valence-electron chi connectivity index (χ4n) is 2.74. The van der Waals surface area contributed by atoms with E-state index in [1.807, 2.05) is 4.90 Å². The third kappa shape index (κ3) is 4.47. The van der Waals surface area contributed by atoms with Crippen LogP contribution in [0.1, 0.15) is 6.42 Å². The molecule has 1 N–H and O–H groups in total. The first kappa shape index (κ1) is 17.7. The number of amides is 2. The van der Waals surface area contributed by atoms with Gasteiger partial charge in [-0.2, -0.15) is 0 Å².